The molecule has 4 heterocycles. The number of ether oxygens (including phenoxy) is 1. The number of hydrogen-bond donors (Lipinski definition) is 1. The van der Waals surface area contributed by atoms with E-state index in [4.69, 9.17) is 9.72 Å². The molecule has 34 heavy (non-hydrogen) atoms. The van der Waals surface area contributed by atoms with E-state index in [2.05, 4.69) is 52.0 Å². The molecule has 1 saturated heterocycles. The Morgan fingerprint density at radius 2 is 2.03 bits per heavy atom. The summed E-state index contributed by atoms with van der Waals surface area (Å²) in [5.74, 6) is 1.59. The lowest BCUT2D eigenvalue weighted by Crippen LogP contribution is -2.71. The summed E-state index contributed by atoms with van der Waals surface area (Å²) in [6.45, 7) is 5.05. The average Bonchev–Trinajstić information content (AvgIpc) is 3.36. The fraction of sp³-hybridized carbons (Fsp3) is 0.536. The number of likely N-dealkylation sites (tertiary alicyclic amines) is 1. The van der Waals surface area contributed by atoms with Crippen molar-refractivity contribution >= 4 is 10.9 Å². The normalized spacial score (nSPS) is 32.9. The highest BCUT2D eigenvalue weighted by Crippen LogP contribution is 2.64. The monoisotopic (exact) mass is 460 g/mol. The molecular weight excluding hydrogens is 427 g/mol. The lowest BCUT2D eigenvalue weighted by molar-refractivity contribution is -0.174. The van der Waals surface area contributed by atoms with Gasteiger partial charge in [-0.25, -0.2) is 9.37 Å². The quantitative estimate of drug-likeness (QED) is 0.570. The first-order valence-electron chi connectivity index (χ1n) is 12.9. The molecule has 0 spiro atoms. The molecule has 3 aliphatic carbocycles. The Kier molecular flexibility index (Phi) is 4.78. The number of hydrogen-bond acceptors (Lipinski definition) is 4. The number of H-pyrrole nitrogens is 1. The van der Waals surface area contributed by atoms with Gasteiger partial charge in [0.15, 0.2) is 0 Å². The Morgan fingerprint density at radius 3 is 2.74 bits per heavy atom. The van der Waals surface area contributed by atoms with Crippen LogP contribution in [0.3, 0.4) is 0 Å². The summed E-state index contributed by atoms with van der Waals surface area (Å²) in [6, 6.07) is 13.6. The van der Waals surface area contributed by atoms with Crippen LogP contribution < -0.4 is 4.74 Å². The molecule has 2 aliphatic heterocycles. The van der Waals surface area contributed by atoms with Crippen LogP contribution in [0.25, 0.3) is 10.9 Å². The molecule has 1 aromatic carbocycles. The molecule has 2 aromatic heterocycles. The summed E-state index contributed by atoms with van der Waals surface area (Å²) < 4.78 is 19.3. The summed E-state index contributed by atoms with van der Waals surface area (Å²) in [7, 11) is 0. The van der Waals surface area contributed by atoms with Crippen LogP contribution in [0.4, 0.5) is 4.39 Å². The predicted molar refractivity (Wildman–Crippen MR) is 131 cm³/mol. The molecule has 3 atom stereocenters. The van der Waals surface area contributed by atoms with E-state index >= 15 is 0 Å². The van der Waals surface area contributed by atoms with Gasteiger partial charge < -0.3 is 9.72 Å². The second-order valence-electron chi connectivity index (χ2n) is 11.1. The predicted octanol–water partition coefficient (Wildman–Crippen LogP) is 4.87. The fourth-order valence-corrected chi connectivity index (χ4v) is 7.19. The van der Waals surface area contributed by atoms with Crippen LogP contribution in [0, 0.1) is 5.92 Å². The van der Waals surface area contributed by atoms with Crippen molar-refractivity contribution in [2.45, 2.75) is 62.8 Å². The van der Waals surface area contributed by atoms with Gasteiger partial charge in [0.05, 0.1) is 6.04 Å². The maximum Gasteiger partial charge on any atom is 0.213 e. The van der Waals surface area contributed by atoms with Gasteiger partial charge in [-0.05, 0) is 62.1 Å². The maximum atomic E-state index is 13.4. The van der Waals surface area contributed by atoms with Crippen molar-refractivity contribution in [2.24, 2.45) is 5.92 Å². The van der Waals surface area contributed by atoms with Crippen molar-refractivity contribution in [3.05, 3.63) is 59.4 Å². The Balaban J connectivity index is 1.17. The largest absolute Gasteiger partial charge is 0.476 e. The van der Waals surface area contributed by atoms with Crippen LogP contribution >= 0.6 is 0 Å². The zero-order valence-corrected chi connectivity index (χ0v) is 19.8. The molecule has 178 valence electrons. The van der Waals surface area contributed by atoms with E-state index in [-0.39, 0.29) is 6.04 Å². The van der Waals surface area contributed by atoms with E-state index < -0.39 is 6.17 Å². The van der Waals surface area contributed by atoms with Crippen molar-refractivity contribution in [2.75, 3.05) is 26.2 Å². The minimum absolute atomic E-state index is 0.194. The third kappa shape index (κ3) is 3.22. The molecule has 3 saturated carbocycles. The standard InChI is InChI=1S/C28H33FN4O/c1-18-12-23-22-4-2-3-5-24(22)31-26(23)27(33(18)28-13-19(14-28)15-28)20-6-7-25(30-16-20)34-11-10-32-9-8-21(29)17-32/h2-7,16,18-19,21,27,31H,8-15,17H2,1H3/t18-,19?,21?,27-,28?/m1/s1. The highest BCUT2D eigenvalue weighted by molar-refractivity contribution is 5.85. The van der Waals surface area contributed by atoms with Crippen LogP contribution in [0.15, 0.2) is 42.6 Å². The van der Waals surface area contributed by atoms with Gasteiger partial charge in [-0.2, -0.15) is 0 Å². The molecule has 5 nitrogen and oxygen atoms in total. The third-order valence-corrected chi connectivity index (χ3v) is 8.87. The number of fused-ring (bicyclic) bond motifs is 3. The second kappa shape index (κ2) is 7.79. The molecule has 1 unspecified atom stereocenters. The fourth-order valence-electron chi connectivity index (χ4n) is 7.19. The number of benzene rings is 1. The van der Waals surface area contributed by atoms with Gasteiger partial charge in [0, 0.05) is 60.1 Å². The number of aromatic nitrogens is 2. The van der Waals surface area contributed by atoms with E-state index in [0.717, 1.165) is 25.4 Å². The molecule has 5 aliphatic rings. The Labute approximate surface area is 200 Å². The van der Waals surface area contributed by atoms with E-state index in [1.807, 2.05) is 12.3 Å². The van der Waals surface area contributed by atoms with Gasteiger partial charge in [0.25, 0.3) is 0 Å². The molecule has 2 bridgehead atoms. The van der Waals surface area contributed by atoms with Gasteiger partial charge in [-0.3, -0.25) is 9.80 Å². The first kappa shape index (κ1) is 20.9. The highest BCUT2D eigenvalue weighted by Gasteiger charge is 2.63. The Bertz CT molecular complexity index is 1190. The number of halogens is 1. The van der Waals surface area contributed by atoms with Crippen LogP contribution in [0.5, 0.6) is 5.88 Å². The molecule has 0 radical (unpaired) electrons. The lowest BCUT2D eigenvalue weighted by Gasteiger charge is -2.70. The van der Waals surface area contributed by atoms with Crippen molar-refractivity contribution in [3.63, 3.8) is 0 Å². The van der Waals surface area contributed by atoms with Crippen molar-refractivity contribution in [1.29, 1.82) is 0 Å². The van der Waals surface area contributed by atoms with Crippen LogP contribution in [-0.4, -0.2) is 63.8 Å². The minimum Gasteiger partial charge on any atom is -0.476 e. The van der Waals surface area contributed by atoms with Gasteiger partial charge in [0.1, 0.15) is 12.8 Å². The first-order chi connectivity index (χ1) is 16.6. The van der Waals surface area contributed by atoms with Gasteiger partial charge in [0.2, 0.25) is 5.88 Å². The summed E-state index contributed by atoms with van der Waals surface area (Å²) >= 11 is 0. The number of nitrogens with one attached hydrogen (secondary N) is 1. The SMILES string of the molecule is C[C@@H]1Cc2c([nH]c3ccccc23)[C@@H](c2ccc(OCCN3CCC(F)C3)nc2)N1C12CC(C1)C2. The first-order valence-corrected chi connectivity index (χ1v) is 12.9. The van der Waals surface area contributed by atoms with Crippen LogP contribution in [0.1, 0.15) is 55.5 Å². The number of para-hydroxylation sites is 1. The summed E-state index contributed by atoms with van der Waals surface area (Å²) in [5, 5.41) is 1.36. The van der Waals surface area contributed by atoms with Gasteiger partial charge in [-0.15, -0.1) is 0 Å². The van der Waals surface area contributed by atoms with E-state index in [0.29, 0.717) is 37.0 Å². The van der Waals surface area contributed by atoms with Gasteiger partial charge in [-0.1, -0.05) is 24.3 Å². The molecular formula is C28H33FN4O. The summed E-state index contributed by atoms with van der Waals surface area (Å²) in [6.07, 6.45) is 7.08. The number of alkyl halides is 1. The Morgan fingerprint density at radius 1 is 1.18 bits per heavy atom. The zero-order valence-electron chi connectivity index (χ0n) is 19.8. The third-order valence-electron chi connectivity index (χ3n) is 8.87. The van der Waals surface area contributed by atoms with E-state index in [9.17, 15) is 4.39 Å². The van der Waals surface area contributed by atoms with Crippen LogP contribution in [-0.2, 0) is 6.42 Å². The minimum atomic E-state index is -0.686. The van der Waals surface area contributed by atoms with Crippen molar-refractivity contribution < 1.29 is 9.13 Å². The summed E-state index contributed by atoms with van der Waals surface area (Å²) in [4.78, 5) is 13.4. The topological polar surface area (TPSA) is 44.4 Å². The number of aromatic amines is 1. The van der Waals surface area contributed by atoms with E-state index in [1.165, 1.54) is 47.0 Å². The maximum absolute atomic E-state index is 13.4. The molecule has 4 fully saturated rings. The number of pyridine rings is 1. The smallest absolute Gasteiger partial charge is 0.213 e. The van der Waals surface area contributed by atoms with E-state index in [1.54, 1.807) is 0 Å². The number of nitrogens with zero attached hydrogens (tertiary/aromatic N) is 3. The van der Waals surface area contributed by atoms with Gasteiger partial charge >= 0.3 is 0 Å². The van der Waals surface area contributed by atoms with Crippen molar-refractivity contribution in [1.82, 2.24) is 19.8 Å². The molecule has 6 heteroatoms. The molecule has 8 rings (SSSR count). The average molecular weight is 461 g/mol. The van der Waals surface area contributed by atoms with Crippen molar-refractivity contribution in [3.8, 4) is 5.88 Å². The summed E-state index contributed by atoms with van der Waals surface area (Å²) in [5.41, 5.74) is 5.64. The number of rotatable bonds is 6. The molecule has 1 N–H and O–H groups in total. The Hall–Kier alpha value is -2.44. The molecule has 3 aromatic rings. The molecule has 0 amide bonds. The highest BCUT2D eigenvalue weighted by atomic mass is 19.1. The second-order valence-corrected chi connectivity index (χ2v) is 11.1. The lowest BCUT2D eigenvalue weighted by atomic mass is 9.48. The zero-order chi connectivity index (χ0) is 22.9. The van der Waals surface area contributed by atoms with Crippen LogP contribution in [0.2, 0.25) is 0 Å².